The van der Waals surface area contributed by atoms with Crippen molar-refractivity contribution in [1.82, 2.24) is 4.90 Å². The lowest BCUT2D eigenvalue weighted by Crippen LogP contribution is -2.51. The van der Waals surface area contributed by atoms with Crippen LogP contribution in [0.1, 0.15) is 39.0 Å². The second kappa shape index (κ2) is 5.48. The molecule has 0 aromatic carbocycles. The molecular weight excluding hydrogens is 200 g/mol. The van der Waals surface area contributed by atoms with Crippen LogP contribution in [0.2, 0.25) is 0 Å². The minimum atomic E-state index is 0.392. The SMILES string of the molecule is COC1CCC(N2CC(C)CC(N)C2)CC1. The summed E-state index contributed by atoms with van der Waals surface area (Å²) in [6, 6.07) is 1.16. The van der Waals surface area contributed by atoms with Gasteiger partial charge in [0.25, 0.3) is 0 Å². The van der Waals surface area contributed by atoms with Crippen molar-refractivity contribution in [1.29, 1.82) is 0 Å². The Hall–Kier alpha value is -0.120. The number of hydrogen-bond acceptors (Lipinski definition) is 3. The van der Waals surface area contributed by atoms with Crippen LogP contribution in [-0.2, 0) is 4.74 Å². The van der Waals surface area contributed by atoms with Crippen LogP contribution in [0, 0.1) is 5.92 Å². The Bertz CT molecular complexity index is 204. The van der Waals surface area contributed by atoms with E-state index >= 15 is 0 Å². The number of piperidine rings is 1. The van der Waals surface area contributed by atoms with E-state index in [9.17, 15) is 0 Å². The lowest BCUT2D eigenvalue weighted by Gasteiger charge is -2.42. The summed E-state index contributed by atoms with van der Waals surface area (Å²) in [5.41, 5.74) is 6.11. The number of nitrogens with two attached hydrogens (primary N) is 1. The summed E-state index contributed by atoms with van der Waals surface area (Å²) in [7, 11) is 1.84. The fourth-order valence-electron chi connectivity index (χ4n) is 3.39. The Morgan fingerprint density at radius 1 is 1.12 bits per heavy atom. The molecule has 0 aromatic rings. The van der Waals surface area contributed by atoms with Gasteiger partial charge in [-0.3, -0.25) is 4.90 Å². The molecular formula is C13H26N2O. The van der Waals surface area contributed by atoms with E-state index in [1.165, 1.54) is 38.6 Å². The normalized spacial score (nSPS) is 42.2. The maximum Gasteiger partial charge on any atom is 0.0572 e. The van der Waals surface area contributed by atoms with E-state index in [1.807, 2.05) is 7.11 Å². The molecule has 1 saturated heterocycles. The average Bonchev–Trinajstić information content (AvgIpc) is 2.28. The fourth-order valence-corrected chi connectivity index (χ4v) is 3.39. The first kappa shape index (κ1) is 12.3. The van der Waals surface area contributed by atoms with Crippen LogP contribution in [0.3, 0.4) is 0 Å². The molecule has 0 amide bonds. The molecule has 2 fully saturated rings. The summed E-state index contributed by atoms with van der Waals surface area (Å²) in [5, 5.41) is 0. The molecule has 2 rings (SSSR count). The van der Waals surface area contributed by atoms with Crippen LogP contribution >= 0.6 is 0 Å². The van der Waals surface area contributed by atoms with E-state index in [0.717, 1.165) is 18.5 Å². The summed E-state index contributed by atoms with van der Waals surface area (Å²) in [5.74, 6) is 0.767. The van der Waals surface area contributed by atoms with E-state index in [4.69, 9.17) is 10.5 Å². The highest BCUT2D eigenvalue weighted by atomic mass is 16.5. The highest BCUT2D eigenvalue weighted by Crippen LogP contribution is 2.27. The second-order valence-electron chi connectivity index (χ2n) is 5.72. The van der Waals surface area contributed by atoms with Crippen molar-refractivity contribution < 1.29 is 4.74 Å². The smallest absolute Gasteiger partial charge is 0.0572 e. The van der Waals surface area contributed by atoms with Gasteiger partial charge in [0.05, 0.1) is 6.10 Å². The summed E-state index contributed by atoms with van der Waals surface area (Å²) in [6.45, 7) is 4.68. The Kier molecular flexibility index (Phi) is 4.22. The largest absolute Gasteiger partial charge is 0.381 e. The Morgan fingerprint density at radius 2 is 1.81 bits per heavy atom. The summed E-state index contributed by atoms with van der Waals surface area (Å²) < 4.78 is 5.43. The van der Waals surface area contributed by atoms with Gasteiger partial charge >= 0.3 is 0 Å². The lowest BCUT2D eigenvalue weighted by atomic mass is 9.88. The first-order valence-corrected chi connectivity index (χ1v) is 6.71. The Balaban J connectivity index is 1.83. The molecule has 1 aliphatic heterocycles. The molecule has 1 aliphatic carbocycles. The lowest BCUT2D eigenvalue weighted by molar-refractivity contribution is 0.0247. The molecule has 3 nitrogen and oxygen atoms in total. The summed E-state index contributed by atoms with van der Waals surface area (Å²) in [4.78, 5) is 2.63. The topological polar surface area (TPSA) is 38.5 Å². The molecule has 1 saturated carbocycles. The van der Waals surface area contributed by atoms with Gasteiger partial charge in [-0.15, -0.1) is 0 Å². The van der Waals surface area contributed by atoms with Crippen molar-refractivity contribution in [3.63, 3.8) is 0 Å². The molecule has 0 aromatic heterocycles. The summed E-state index contributed by atoms with van der Waals surface area (Å²) >= 11 is 0. The van der Waals surface area contributed by atoms with Gasteiger partial charge in [0.15, 0.2) is 0 Å². The molecule has 0 radical (unpaired) electrons. The van der Waals surface area contributed by atoms with Crippen LogP contribution in [0.4, 0.5) is 0 Å². The maximum atomic E-state index is 6.11. The van der Waals surface area contributed by atoms with Crippen LogP contribution < -0.4 is 5.73 Å². The third-order valence-electron chi connectivity index (χ3n) is 4.21. The quantitative estimate of drug-likeness (QED) is 0.777. The monoisotopic (exact) mass is 226 g/mol. The zero-order valence-electron chi connectivity index (χ0n) is 10.7. The van der Waals surface area contributed by atoms with E-state index < -0.39 is 0 Å². The first-order valence-electron chi connectivity index (χ1n) is 6.71. The molecule has 0 bridgehead atoms. The van der Waals surface area contributed by atoms with Crippen molar-refractivity contribution in [3.8, 4) is 0 Å². The molecule has 3 heteroatoms. The second-order valence-corrected chi connectivity index (χ2v) is 5.72. The molecule has 2 N–H and O–H groups in total. The minimum absolute atomic E-state index is 0.392. The molecule has 0 spiro atoms. The maximum absolute atomic E-state index is 6.11. The standard InChI is InChI=1S/C13H26N2O/c1-10-7-11(14)9-15(8-10)12-3-5-13(16-2)6-4-12/h10-13H,3-9,14H2,1-2H3. The molecule has 2 unspecified atom stereocenters. The number of methoxy groups -OCH3 is 1. The Labute approximate surface area is 99.3 Å². The van der Waals surface area contributed by atoms with Crippen molar-refractivity contribution in [3.05, 3.63) is 0 Å². The van der Waals surface area contributed by atoms with Crippen molar-refractivity contribution >= 4 is 0 Å². The first-order chi connectivity index (χ1) is 7.69. The van der Waals surface area contributed by atoms with Crippen LogP contribution in [0.15, 0.2) is 0 Å². The van der Waals surface area contributed by atoms with E-state index in [-0.39, 0.29) is 0 Å². The molecule has 16 heavy (non-hydrogen) atoms. The van der Waals surface area contributed by atoms with Gasteiger partial charge in [-0.1, -0.05) is 6.92 Å². The number of hydrogen-bond donors (Lipinski definition) is 1. The van der Waals surface area contributed by atoms with E-state index in [1.54, 1.807) is 0 Å². The third kappa shape index (κ3) is 2.96. The third-order valence-corrected chi connectivity index (χ3v) is 4.21. The van der Waals surface area contributed by atoms with Crippen molar-refractivity contribution in [2.45, 2.75) is 57.2 Å². The van der Waals surface area contributed by atoms with Crippen molar-refractivity contribution in [2.24, 2.45) is 11.7 Å². The Morgan fingerprint density at radius 3 is 2.38 bits per heavy atom. The number of rotatable bonds is 2. The summed E-state index contributed by atoms with van der Waals surface area (Å²) in [6.07, 6.45) is 6.73. The molecule has 94 valence electrons. The highest BCUT2D eigenvalue weighted by molar-refractivity contribution is 4.86. The zero-order chi connectivity index (χ0) is 11.5. The average molecular weight is 226 g/mol. The van der Waals surface area contributed by atoms with Crippen LogP contribution in [0.25, 0.3) is 0 Å². The fraction of sp³-hybridized carbons (Fsp3) is 1.00. The minimum Gasteiger partial charge on any atom is -0.381 e. The van der Waals surface area contributed by atoms with E-state index in [0.29, 0.717) is 12.1 Å². The highest BCUT2D eigenvalue weighted by Gasteiger charge is 2.30. The van der Waals surface area contributed by atoms with Gasteiger partial charge in [-0.2, -0.15) is 0 Å². The van der Waals surface area contributed by atoms with Gasteiger partial charge in [-0.05, 0) is 38.0 Å². The number of nitrogens with zero attached hydrogens (tertiary/aromatic N) is 1. The zero-order valence-corrected chi connectivity index (χ0v) is 10.7. The van der Waals surface area contributed by atoms with Gasteiger partial charge in [0.1, 0.15) is 0 Å². The predicted molar refractivity (Wildman–Crippen MR) is 66.4 cm³/mol. The molecule has 1 heterocycles. The van der Waals surface area contributed by atoms with Crippen molar-refractivity contribution in [2.75, 3.05) is 20.2 Å². The number of ether oxygens (including phenoxy) is 1. The molecule has 2 atom stereocenters. The van der Waals surface area contributed by atoms with E-state index in [2.05, 4.69) is 11.8 Å². The van der Waals surface area contributed by atoms with Crippen LogP contribution in [0.5, 0.6) is 0 Å². The number of likely N-dealkylation sites (tertiary alicyclic amines) is 1. The van der Waals surface area contributed by atoms with Gasteiger partial charge in [0.2, 0.25) is 0 Å². The van der Waals surface area contributed by atoms with Gasteiger partial charge < -0.3 is 10.5 Å². The predicted octanol–water partition coefficient (Wildman–Crippen LogP) is 1.61. The van der Waals surface area contributed by atoms with Crippen LogP contribution in [-0.4, -0.2) is 43.3 Å². The van der Waals surface area contributed by atoms with Gasteiger partial charge in [-0.25, -0.2) is 0 Å². The van der Waals surface area contributed by atoms with Gasteiger partial charge in [0, 0.05) is 32.3 Å². The molecule has 2 aliphatic rings.